The van der Waals surface area contributed by atoms with Gasteiger partial charge in [-0.15, -0.1) is 0 Å². The molecule has 0 atom stereocenters. The lowest BCUT2D eigenvalue weighted by atomic mass is 10.2. The Hall–Kier alpha value is -3.28. The van der Waals surface area contributed by atoms with Gasteiger partial charge < -0.3 is 14.8 Å². The molecule has 0 spiro atoms. The zero-order valence-corrected chi connectivity index (χ0v) is 17.9. The van der Waals surface area contributed by atoms with E-state index < -0.39 is 0 Å². The van der Waals surface area contributed by atoms with Crippen molar-refractivity contribution in [1.82, 2.24) is 15.1 Å². The summed E-state index contributed by atoms with van der Waals surface area (Å²) in [5.41, 5.74) is 4.32. The lowest BCUT2D eigenvalue weighted by Crippen LogP contribution is -2.23. The second-order valence-electron chi connectivity index (χ2n) is 7.20. The van der Waals surface area contributed by atoms with Crippen LogP contribution >= 0.6 is 0 Å². The number of carbonyl (C=O) groups is 1. The van der Waals surface area contributed by atoms with Gasteiger partial charge in [0.2, 0.25) is 5.91 Å². The van der Waals surface area contributed by atoms with Crippen molar-refractivity contribution in [2.75, 3.05) is 13.7 Å². The maximum absolute atomic E-state index is 12.2. The van der Waals surface area contributed by atoms with Gasteiger partial charge in [-0.3, -0.25) is 9.48 Å². The Morgan fingerprint density at radius 1 is 1.03 bits per heavy atom. The molecule has 0 aliphatic carbocycles. The van der Waals surface area contributed by atoms with Crippen LogP contribution in [0.4, 0.5) is 0 Å². The second kappa shape index (κ2) is 10.5. The number of amides is 1. The fourth-order valence-corrected chi connectivity index (χ4v) is 3.27. The number of aromatic nitrogens is 2. The van der Waals surface area contributed by atoms with Gasteiger partial charge >= 0.3 is 0 Å². The molecule has 0 bridgehead atoms. The van der Waals surface area contributed by atoms with Gasteiger partial charge in [-0.2, -0.15) is 5.10 Å². The van der Waals surface area contributed by atoms with E-state index in [-0.39, 0.29) is 5.91 Å². The lowest BCUT2D eigenvalue weighted by molar-refractivity contribution is -0.121. The molecule has 6 nitrogen and oxygen atoms in total. The normalized spacial score (nSPS) is 10.6. The van der Waals surface area contributed by atoms with Crippen molar-refractivity contribution in [1.29, 1.82) is 0 Å². The van der Waals surface area contributed by atoms with Gasteiger partial charge in [0.25, 0.3) is 0 Å². The molecule has 1 heterocycles. The number of carbonyl (C=O) groups excluding carboxylic acids is 1. The highest BCUT2D eigenvalue weighted by molar-refractivity contribution is 5.75. The number of ether oxygens (including phenoxy) is 2. The molecular formula is C24H29N3O3. The van der Waals surface area contributed by atoms with Crippen molar-refractivity contribution in [3.8, 4) is 11.5 Å². The topological polar surface area (TPSA) is 65.4 Å². The van der Waals surface area contributed by atoms with Gasteiger partial charge in [-0.25, -0.2) is 0 Å². The van der Waals surface area contributed by atoms with E-state index >= 15 is 0 Å². The second-order valence-corrected chi connectivity index (χ2v) is 7.20. The zero-order valence-electron chi connectivity index (χ0n) is 17.9. The summed E-state index contributed by atoms with van der Waals surface area (Å²) in [6, 6.07) is 17.7. The van der Waals surface area contributed by atoms with Crippen LogP contribution in [0.1, 0.15) is 35.4 Å². The Bertz CT molecular complexity index is 950. The predicted molar refractivity (Wildman–Crippen MR) is 117 cm³/mol. The third-order valence-corrected chi connectivity index (χ3v) is 5.05. The lowest BCUT2D eigenvalue weighted by Gasteiger charge is -2.09. The van der Waals surface area contributed by atoms with Crippen LogP contribution in [0.3, 0.4) is 0 Å². The SMILES string of the molecule is COc1ccc(OCCCC(=O)NCc2c(C)nn(Cc3ccccc3)c2C)cc1. The fraction of sp³-hybridized carbons (Fsp3) is 0.333. The predicted octanol–water partition coefficient (Wildman–Crippen LogP) is 4.03. The highest BCUT2D eigenvalue weighted by Gasteiger charge is 2.13. The van der Waals surface area contributed by atoms with Crippen molar-refractivity contribution in [3.05, 3.63) is 77.1 Å². The van der Waals surface area contributed by atoms with E-state index in [0.717, 1.165) is 35.0 Å². The van der Waals surface area contributed by atoms with Crippen molar-refractivity contribution < 1.29 is 14.3 Å². The molecule has 6 heteroatoms. The van der Waals surface area contributed by atoms with Crippen molar-refractivity contribution in [3.63, 3.8) is 0 Å². The molecule has 1 amide bonds. The van der Waals surface area contributed by atoms with Crippen molar-refractivity contribution in [2.24, 2.45) is 0 Å². The standard InChI is InChI=1S/C24H29N3O3/c1-18-23(19(2)27(26-18)17-20-8-5-4-6-9-20)16-25-24(28)10-7-15-30-22-13-11-21(29-3)12-14-22/h4-6,8-9,11-14H,7,10,15-17H2,1-3H3,(H,25,28). The summed E-state index contributed by atoms with van der Waals surface area (Å²) in [5, 5.41) is 7.65. The summed E-state index contributed by atoms with van der Waals surface area (Å²) in [5.74, 6) is 1.58. The Balaban J connectivity index is 1.43. The van der Waals surface area contributed by atoms with E-state index in [1.165, 1.54) is 5.56 Å². The minimum absolute atomic E-state index is 0.0166. The quantitative estimate of drug-likeness (QED) is 0.515. The molecule has 0 unspecified atom stereocenters. The molecule has 0 radical (unpaired) electrons. The van der Waals surface area contributed by atoms with Crippen LogP contribution in [0.2, 0.25) is 0 Å². The Kier molecular flexibility index (Phi) is 7.49. The number of nitrogens with one attached hydrogen (secondary N) is 1. The third kappa shape index (κ3) is 5.86. The summed E-state index contributed by atoms with van der Waals surface area (Å²) >= 11 is 0. The Labute approximate surface area is 177 Å². The summed E-state index contributed by atoms with van der Waals surface area (Å²) in [6.07, 6.45) is 1.08. The molecule has 0 saturated heterocycles. The first-order valence-corrected chi connectivity index (χ1v) is 10.2. The number of benzene rings is 2. The number of aryl methyl sites for hydroxylation is 1. The maximum atomic E-state index is 12.2. The molecule has 3 rings (SSSR count). The molecule has 30 heavy (non-hydrogen) atoms. The van der Waals surface area contributed by atoms with Crippen LogP contribution in [0, 0.1) is 13.8 Å². The first-order valence-electron chi connectivity index (χ1n) is 10.2. The van der Waals surface area contributed by atoms with Crippen LogP contribution in [0.5, 0.6) is 11.5 Å². The molecule has 3 aromatic rings. The van der Waals surface area contributed by atoms with Gasteiger partial charge in [-0.1, -0.05) is 30.3 Å². The van der Waals surface area contributed by atoms with Crippen LogP contribution in [-0.4, -0.2) is 29.4 Å². The summed E-state index contributed by atoms with van der Waals surface area (Å²) in [7, 11) is 1.63. The number of methoxy groups -OCH3 is 1. The van der Waals surface area contributed by atoms with Crippen molar-refractivity contribution >= 4 is 5.91 Å². The van der Waals surface area contributed by atoms with E-state index in [2.05, 4.69) is 22.5 Å². The summed E-state index contributed by atoms with van der Waals surface area (Å²) in [4.78, 5) is 12.2. The fourth-order valence-electron chi connectivity index (χ4n) is 3.27. The maximum Gasteiger partial charge on any atom is 0.220 e. The highest BCUT2D eigenvalue weighted by atomic mass is 16.5. The van der Waals surface area contributed by atoms with Crippen LogP contribution in [0.25, 0.3) is 0 Å². The smallest absolute Gasteiger partial charge is 0.220 e. The molecule has 0 aliphatic rings. The van der Waals surface area contributed by atoms with E-state index in [1.54, 1.807) is 7.11 Å². The first-order chi connectivity index (χ1) is 14.6. The first kappa shape index (κ1) is 21.4. The zero-order chi connectivity index (χ0) is 21.3. The largest absolute Gasteiger partial charge is 0.497 e. The van der Waals surface area contributed by atoms with Gasteiger partial charge in [0.05, 0.1) is 26.0 Å². The summed E-state index contributed by atoms with van der Waals surface area (Å²) < 4.78 is 12.8. The molecule has 1 N–H and O–H groups in total. The average molecular weight is 408 g/mol. The van der Waals surface area contributed by atoms with E-state index in [4.69, 9.17) is 9.47 Å². The molecule has 0 fully saturated rings. The molecular weight excluding hydrogens is 378 g/mol. The van der Waals surface area contributed by atoms with E-state index in [9.17, 15) is 4.79 Å². The third-order valence-electron chi connectivity index (χ3n) is 5.05. The molecule has 158 valence electrons. The van der Waals surface area contributed by atoms with Crippen LogP contribution < -0.4 is 14.8 Å². The number of nitrogens with zero attached hydrogens (tertiary/aromatic N) is 2. The van der Waals surface area contributed by atoms with Crippen LogP contribution in [0.15, 0.2) is 54.6 Å². The summed E-state index contributed by atoms with van der Waals surface area (Å²) in [6.45, 7) is 5.74. The van der Waals surface area contributed by atoms with Gasteiger partial charge in [0, 0.05) is 24.2 Å². The molecule has 0 saturated carbocycles. The number of hydrogen-bond donors (Lipinski definition) is 1. The number of hydrogen-bond acceptors (Lipinski definition) is 4. The Morgan fingerprint density at radius 3 is 2.43 bits per heavy atom. The average Bonchev–Trinajstić information content (AvgIpc) is 3.03. The molecule has 0 aliphatic heterocycles. The van der Waals surface area contributed by atoms with Gasteiger partial charge in [0.1, 0.15) is 11.5 Å². The number of rotatable bonds is 10. The van der Waals surface area contributed by atoms with E-state index in [1.807, 2.05) is 61.0 Å². The van der Waals surface area contributed by atoms with Crippen molar-refractivity contribution in [2.45, 2.75) is 39.8 Å². The molecule has 1 aromatic heterocycles. The van der Waals surface area contributed by atoms with Crippen LogP contribution in [-0.2, 0) is 17.9 Å². The molecule has 2 aromatic carbocycles. The van der Waals surface area contributed by atoms with Gasteiger partial charge in [0.15, 0.2) is 0 Å². The Morgan fingerprint density at radius 2 is 1.73 bits per heavy atom. The van der Waals surface area contributed by atoms with E-state index in [0.29, 0.717) is 26.0 Å². The van der Waals surface area contributed by atoms with Gasteiger partial charge in [-0.05, 0) is 50.1 Å². The monoisotopic (exact) mass is 407 g/mol. The highest BCUT2D eigenvalue weighted by Crippen LogP contribution is 2.17. The minimum atomic E-state index is 0.0166. The minimum Gasteiger partial charge on any atom is -0.497 e.